The summed E-state index contributed by atoms with van der Waals surface area (Å²) >= 11 is 0. The summed E-state index contributed by atoms with van der Waals surface area (Å²) in [4.78, 5) is 0. The number of hydrogen-bond acceptors (Lipinski definition) is 2. The Labute approximate surface area is 82.8 Å². The van der Waals surface area contributed by atoms with Crippen LogP contribution in [-0.2, 0) is 4.74 Å². The number of halogens is 2. The van der Waals surface area contributed by atoms with Crippen LogP contribution in [0.1, 0.15) is 32.1 Å². The normalized spacial score (nSPS) is 34.9. The summed E-state index contributed by atoms with van der Waals surface area (Å²) in [6.45, 7) is 1.25. The zero-order valence-corrected chi connectivity index (χ0v) is 8.27. The molecule has 2 nitrogen and oxygen atoms in total. The molecule has 1 atom stereocenters. The number of rotatable bonds is 1. The molecule has 0 bridgehead atoms. The molecule has 0 aromatic carbocycles. The van der Waals surface area contributed by atoms with Crippen LogP contribution in [0.3, 0.4) is 0 Å². The van der Waals surface area contributed by atoms with Crippen molar-refractivity contribution in [2.24, 2.45) is 11.7 Å². The fraction of sp³-hybridized carbons (Fsp3) is 1.00. The molecule has 0 aromatic heterocycles. The van der Waals surface area contributed by atoms with Gasteiger partial charge in [0.2, 0.25) is 5.92 Å². The third-order valence-corrected chi connectivity index (χ3v) is 3.71. The standard InChI is InChI=1S/C10H17F2NO/c11-10(12)4-2-9(3-5-10)8(7-13)1-6-14-9/h8H,1-7,13H2. The van der Waals surface area contributed by atoms with E-state index >= 15 is 0 Å². The van der Waals surface area contributed by atoms with Gasteiger partial charge in [-0.1, -0.05) is 0 Å². The van der Waals surface area contributed by atoms with E-state index in [2.05, 4.69) is 0 Å². The molecule has 2 rings (SSSR count). The van der Waals surface area contributed by atoms with Crippen LogP contribution in [0.4, 0.5) is 8.78 Å². The molecule has 2 fully saturated rings. The van der Waals surface area contributed by atoms with E-state index in [9.17, 15) is 8.78 Å². The molecule has 1 spiro atoms. The molecule has 0 amide bonds. The Morgan fingerprint density at radius 3 is 2.43 bits per heavy atom. The Kier molecular flexibility index (Phi) is 2.52. The topological polar surface area (TPSA) is 35.2 Å². The Balaban J connectivity index is 2.04. The van der Waals surface area contributed by atoms with E-state index in [-0.39, 0.29) is 18.4 Å². The minimum absolute atomic E-state index is 0.0382. The first-order valence-electron chi connectivity index (χ1n) is 5.30. The maximum absolute atomic E-state index is 13.0. The molecule has 2 aliphatic rings. The highest BCUT2D eigenvalue weighted by Crippen LogP contribution is 2.47. The lowest BCUT2D eigenvalue weighted by Crippen LogP contribution is -2.45. The van der Waals surface area contributed by atoms with E-state index < -0.39 is 5.92 Å². The molecule has 1 aliphatic carbocycles. The van der Waals surface area contributed by atoms with Crippen LogP contribution in [0.5, 0.6) is 0 Å². The second-order valence-corrected chi connectivity index (χ2v) is 4.49. The molecule has 0 radical (unpaired) electrons. The van der Waals surface area contributed by atoms with Crippen LogP contribution < -0.4 is 5.73 Å². The van der Waals surface area contributed by atoms with Gasteiger partial charge in [0.15, 0.2) is 0 Å². The van der Waals surface area contributed by atoms with E-state index in [4.69, 9.17) is 10.5 Å². The molecule has 1 saturated heterocycles. The molecule has 1 aliphatic heterocycles. The number of nitrogens with two attached hydrogens (primary N) is 1. The van der Waals surface area contributed by atoms with E-state index in [0.29, 0.717) is 31.9 Å². The predicted octanol–water partition coefficient (Wildman–Crippen LogP) is 1.93. The van der Waals surface area contributed by atoms with Crippen LogP contribution in [0.2, 0.25) is 0 Å². The first-order chi connectivity index (χ1) is 6.58. The minimum Gasteiger partial charge on any atom is -0.375 e. The first kappa shape index (κ1) is 10.3. The molecule has 4 heteroatoms. The van der Waals surface area contributed by atoms with Crippen molar-refractivity contribution < 1.29 is 13.5 Å². The molecule has 1 unspecified atom stereocenters. The summed E-state index contributed by atoms with van der Waals surface area (Å²) in [5, 5.41) is 0. The Morgan fingerprint density at radius 1 is 1.21 bits per heavy atom. The van der Waals surface area contributed by atoms with Crippen LogP contribution in [0, 0.1) is 5.92 Å². The third kappa shape index (κ3) is 1.65. The Morgan fingerprint density at radius 2 is 1.86 bits per heavy atom. The van der Waals surface area contributed by atoms with Gasteiger partial charge in [0, 0.05) is 25.4 Å². The van der Waals surface area contributed by atoms with Gasteiger partial charge in [-0.25, -0.2) is 8.78 Å². The lowest BCUT2D eigenvalue weighted by Gasteiger charge is -2.40. The van der Waals surface area contributed by atoms with Gasteiger partial charge in [0.1, 0.15) is 0 Å². The van der Waals surface area contributed by atoms with Crippen LogP contribution in [0.15, 0.2) is 0 Å². The summed E-state index contributed by atoms with van der Waals surface area (Å²) in [5.41, 5.74) is 5.33. The molecular weight excluding hydrogens is 188 g/mol. The van der Waals surface area contributed by atoms with E-state index in [1.807, 2.05) is 0 Å². The summed E-state index contributed by atoms with van der Waals surface area (Å²) in [6, 6.07) is 0. The van der Waals surface area contributed by atoms with Gasteiger partial charge in [-0.15, -0.1) is 0 Å². The Bertz CT molecular complexity index is 210. The number of hydrogen-bond donors (Lipinski definition) is 1. The van der Waals surface area contributed by atoms with E-state index in [0.717, 1.165) is 6.42 Å². The van der Waals surface area contributed by atoms with Crippen LogP contribution in [0.25, 0.3) is 0 Å². The summed E-state index contributed by atoms with van der Waals surface area (Å²) < 4.78 is 31.6. The van der Waals surface area contributed by atoms with Crippen molar-refractivity contribution in [3.8, 4) is 0 Å². The molecule has 0 aromatic rings. The molecule has 2 N–H and O–H groups in total. The highest BCUT2D eigenvalue weighted by Gasteiger charge is 2.50. The van der Waals surface area contributed by atoms with Gasteiger partial charge in [0.25, 0.3) is 0 Å². The van der Waals surface area contributed by atoms with Gasteiger partial charge in [-0.05, 0) is 25.8 Å². The van der Waals surface area contributed by atoms with Gasteiger partial charge in [-0.2, -0.15) is 0 Å². The second-order valence-electron chi connectivity index (χ2n) is 4.49. The van der Waals surface area contributed by atoms with Gasteiger partial charge < -0.3 is 10.5 Å². The SMILES string of the molecule is NCC1CCOC12CCC(F)(F)CC2. The van der Waals surface area contributed by atoms with Gasteiger partial charge in [0.05, 0.1) is 5.60 Å². The van der Waals surface area contributed by atoms with Crippen molar-refractivity contribution in [1.29, 1.82) is 0 Å². The summed E-state index contributed by atoms with van der Waals surface area (Å²) in [7, 11) is 0. The predicted molar refractivity (Wildman–Crippen MR) is 49.3 cm³/mol. The quantitative estimate of drug-likeness (QED) is 0.710. The third-order valence-electron chi connectivity index (χ3n) is 3.71. The second kappa shape index (κ2) is 3.42. The highest BCUT2D eigenvalue weighted by atomic mass is 19.3. The van der Waals surface area contributed by atoms with Crippen molar-refractivity contribution in [2.45, 2.75) is 43.6 Å². The van der Waals surface area contributed by atoms with Crippen molar-refractivity contribution >= 4 is 0 Å². The van der Waals surface area contributed by atoms with Crippen molar-refractivity contribution in [3.63, 3.8) is 0 Å². The van der Waals surface area contributed by atoms with E-state index in [1.54, 1.807) is 0 Å². The minimum atomic E-state index is -2.48. The van der Waals surface area contributed by atoms with Gasteiger partial charge in [-0.3, -0.25) is 0 Å². The smallest absolute Gasteiger partial charge is 0.248 e. The van der Waals surface area contributed by atoms with Crippen molar-refractivity contribution in [3.05, 3.63) is 0 Å². The monoisotopic (exact) mass is 205 g/mol. The number of ether oxygens (including phenoxy) is 1. The average molecular weight is 205 g/mol. The average Bonchev–Trinajstić information content (AvgIpc) is 2.54. The lowest BCUT2D eigenvalue weighted by molar-refractivity contribution is -0.123. The zero-order valence-electron chi connectivity index (χ0n) is 8.27. The van der Waals surface area contributed by atoms with Crippen molar-refractivity contribution in [1.82, 2.24) is 0 Å². The maximum atomic E-state index is 13.0. The fourth-order valence-electron chi connectivity index (χ4n) is 2.71. The number of alkyl halides is 2. The molecular formula is C10H17F2NO. The van der Waals surface area contributed by atoms with Crippen LogP contribution in [-0.4, -0.2) is 24.7 Å². The van der Waals surface area contributed by atoms with E-state index in [1.165, 1.54) is 0 Å². The maximum Gasteiger partial charge on any atom is 0.248 e. The fourth-order valence-corrected chi connectivity index (χ4v) is 2.71. The zero-order chi connectivity index (χ0) is 10.2. The lowest BCUT2D eigenvalue weighted by atomic mass is 9.74. The Hall–Kier alpha value is -0.220. The largest absolute Gasteiger partial charge is 0.375 e. The molecule has 82 valence electrons. The molecule has 1 heterocycles. The summed E-state index contributed by atoms with van der Waals surface area (Å²) in [6.07, 6.45) is 1.80. The van der Waals surface area contributed by atoms with Gasteiger partial charge >= 0.3 is 0 Å². The van der Waals surface area contributed by atoms with Crippen LogP contribution >= 0.6 is 0 Å². The molecule has 1 saturated carbocycles. The highest BCUT2D eigenvalue weighted by molar-refractivity contribution is 4.98. The molecule has 14 heavy (non-hydrogen) atoms. The van der Waals surface area contributed by atoms with Crippen molar-refractivity contribution in [2.75, 3.05) is 13.2 Å². The first-order valence-corrected chi connectivity index (χ1v) is 5.30. The summed E-state index contributed by atoms with van der Waals surface area (Å²) in [5.74, 6) is -2.19.